The molecular formula is C14H10NO4-. The van der Waals surface area contributed by atoms with Gasteiger partial charge < -0.3 is 15.5 Å². The molecule has 2 aromatic carbocycles. The monoisotopic (exact) mass is 256 g/mol. The fourth-order valence-corrected chi connectivity index (χ4v) is 1.57. The van der Waals surface area contributed by atoms with Gasteiger partial charge in [0.05, 0.1) is 5.56 Å². The van der Waals surface area contributed by atoms with Gasteiger partial charge in [-0.05, 0) is 24.3 Å². The summed E-state index contributed by atoms with van der Waals surface area (Å²) in [4.78, 5) is 22.7. The van der Waals surface area contributed by atoms with Crippen LogP contribution in [-0.2, 0) is 0 Å². The summed E-state index contributed by atoms with van der Waals surface area (Å²) in [6, 6.07) is 12.1. The van der Waals surface area contributed by atoms with Crippen molar-refractivity contribution in [2.24, 2.45) is 0 Å². The molecule has 0 bridgehead atoms. The molecule has 5 nitrogen and oxygen atoms in total. The van der Waals surface area contributed by atoms with Crippen LogP contribution in [0.2, 0.25) is 0 Å². The van der Waals surface area contributed by atoms with Crippen LogP contribution in [0, 0.1) is 0 Å². The number of nitrogens with one attached hydrogen (secondary N) is 1. The average Bonchev–Trinajstić information content (AvgIpc) is 2.41. The highest BCUT2D eigenvalue weighted by Gasteiger charge is 2.08. The molecular weight excluding hydrogens is 246 g/mol. The number of amides is 1. The first-order valence-corrected chi connectivity index (χ1v) is 5.48. The molecule has 2 rings (SSSR count). The second-order valence-electron chi connectivity index (χ2n) is 3.84. The first-order chi connectivity index (χ1) is 9.08. The van der Waals surface area contributed by atoms with Crippen LogP contribution in [0.5, 0.6) is 5.75 Å². The van der Waals surface area contributed by atoms with Gasteiger partial charge in [-0.25, -0.2) is 4.79 Å². The molecule has 0 saturated carbocycles. The predicted octanol–water partition coefficient (Wildman–Crippen LogP) is 1.71. The van der Waals surface area contributed by atoms with Gasteiger partial charge in [0.25, 0.3) is 5.91 Å². The average molecular weight is 256 g/mol. The Bertz CT molecular complexity index is 623. The molecule has 2 N–H and O–H groups in total. The second kappa shape index (κ2) is 5.22. The van der Waals surface area contributed by atoms with E-state index in [1.54, 1.807) is 30.3 Å². The zero-order valence-electron chi connectivity index (χ0n) is 9.79. The molecule has 0 spiro atoms. The van der Waals surface area contributed by atoms with E-state index in [1.807, 2.05) is 0 Å². The molecule has 0 unspecified atom stereocenters. The number of carboxylic acid groups (broad SMARTS) is 1. The summed E-state index contributed by atoms with van der Waals surface area (Å²) in [7, 11) is 0. The largest absolute Gasteiger partial charge is 0.872 e. The van der Waals surface area contributed by atoms with Crippen LogP contribution in [0.15, 0.2) is 48.5 Å². The van der Waals surface area contributed by atoms with E-state index >= 15 is 0 Å². The standard InChI is InChI=1S/C14H11NO4/c16-12-7-6-10(8-11(12)14(18)19)15-13(17)9-4-2-1-3-5-9/h1-8,16H,(H,15,17)(H,18,19)/p-1. The van der Waals surface area contributed by atoms with Crippen molar-refractivity contribution in [1.82, 2.24) is 0 Å². The van der Waals surface area contributed by atoms with Gasteiger partial charge in [-0.15, -0.1) is 0 Å². The van der Waals surface area contributed by atoms with E-state index in [2.05, 4.69) is 5.32 Å². The molecule has 5 heteroatoms. The molecule has 2 aromatic rings. The minimum absolute atomic E-state index is 0.269. The van der Waals surface area contributed by atoms with Gasteiger partial charge in [0, 0.05) is 11.3 Å². The summed E-state index contributed by atoms with van der Waals surface area (Å²) in [5.41, 5.74) is 0.349. The number of benzene rings is 2. The maximum atomic E-state index is 11.8. The summed E-state index contributed by atoms with van der Waals surface area (Å²) < 4.78 is 0. The van der Waals surface area contributed by atoms with E-state index in [0.717, 1.165) is 12.1 Å². The Morgan fingerprint density at radius 2 is 1.74 bits per heavy atom. The SMILES string of the molecule is O=C(Nc1ccc([O-])c(C(=O)O)c1)c1ccccc1. The zero-order valence-corrected chi connectivity index (χ0v) is 9.79. The summed E-state index contributed by atoms with van der Waals surface area (Å²) in [6.45, 7) is 0. The van der Waals surface area contributed by atoms with Gasteiger partial charge in [0.1, 0.15) is 0 Å². The Hall–Kier alpha value is -2.82. The minimum atomic E-state index is -1.32. The van der Waals surface area contributed by atoms with Crippen LogP contribution < -0.4 is 10.4 Å². The van der Waals surface area contributed by atoms with Crippen LogP contribution in [0.3, 0.4) is 0 Å². The first-order valence-electron chi connectivity index (χ1n) is 5.48. The smallest absolute Gasteiger partial charge is 0.335 e. The summed E-state index contributed by atoms with van der Waals surface area (Å²) in [6.07, 6.45) is 0. The number of hydrogen-bond acceptors (Lipinski definition) is 3. The lowest BCUT2D eigenvalue weighted by atomic mass is 10.1. The number of rotatable bonds is 3. The van der Waals surface area contributed by atoms with Crippen molar-refractivity contribution in [2.75, 3.05) is 5.32 Å². The second-order valence-corrected chi connectivity index (χ2v) is 3.84. The first kappa shape index (κ1) is 12.6. The Morgan fingerprint density at radius 3 is 2.37 bits per heavy atom. The maximum Gasteiger partial charge on any atom is 0.335 e. The van der Waals surface area contributed by atoms with Crippen molar-refractivity contribution in [1.29, 1.82) is 0 Å². The third kappa shape index (κ3) is 2.90. The van der Waals surface area contributed by atoms with E-state index in [-0.39, 0.29) is 17.2 Å². The van der Waals surface area contributed by atoms with Gasteiger partial charge >= 0.3 is 5.97 Å². The maximum absolute atomic E-state index is 11.8. The predicted molar refractivity (Wildman–Crippen MR) is 67.2 cm³/mol. The molecule has 1 amide bonds. The number of carbonyl (C=O) groups excluding carboxylic acids is 1. The van der Waals surface area contributed by atoms with Crippen LogP contribution in [0.25, 0.3) is 0 Å². The highest BCUT2D eigenvalue weighted by molar-refractivity contribution is 6.05. The molecule has 0 aromatic heterocycles. The highest BCUT2D eigenvalue weighted by atomic mass is 16.4. The van der Waals surface area contributed by atoms with E-state index in [0.29, 0.717) is 5.56 Å². The molecule has 0 radical (unpaired) electrons. The van der Waals surface area contributed by atoms with Crippen LogP contribution in [0.1, 0.15) is 20.7 Å². The molecule has 0 aliphatic rings. The van der Waals surface area contributed by atoms with Gasteiger partial charge in [-0.2, -0.15) is 0 Å². The quantitative estimate of drug-likeness (QED) is 0.874. The fourth-order valence-electron chi connectivity index (χ4n) is 1.57. The normalized spacial score (nSPS) is 9.89. The van der Waals surface area contributed by atoms with Crippen molar-refractivity contribution in [3.8, 4) is 5.75 Å². The van der Waals surface area contributed by atoms with Crippen molar-refractivity contribution in [3.05, 3.63) is 59.7 Å². The number of carbonyl (C=O) groups is 2. The Labute approximate surface area is 109 Å². The van der Waals surface area contributed by atoms with Gasteiger partial charge in [-0.1, -0.05) is 30.0 Å². The number of hydrogen-bond donors (Lipinski definition) is 2. The zero-order chi connectivity index (χ0) is 13.8. The van der Waals surface area contributed by atoms with Crippen molar-refractivity contribution in [2.45, 2.75) is 0 Å². The number of carboxylic acids is 1. The molecule has 19 heavy (non-hydrogen) atoms. The fraction of sp³-hybridized carbons (Fsp3) is 0. The molecule has 0 heterocycles. The van der Waals surface area contributed by atoms with E-state index in [9.17, 15) is 14.7 Å². The molecule has 96 valence electrons. The summed E-state index contributed by atoms with van der Waals surface area (Å²) >= 11 is 0. The Balaban J connectivity index is 2.23. The lowest BCUT2D eigenvalue weighted by Gasteiger charge is -2.12. The summed E-state index contributed by atoms with van der Waals surface area (Å²) in [5.74, 6) is -2.28. The van der Waals surface area contributed by atoms with Gasteiger partial charge in [-0.3, -0.25) is 4.79 Å². The molecule has 0 saturated heterocycles. The third-order valence-corrected chi connectivity index (χ3v) is 2.50. The minimum Gasteiger partial charge on any atom is -0.872 e. The van der Waals surface area contributed by atoms with Crippen LogP contribution in [0.4, 0.5) is 5.69 Å². The van der Waals surface area contributed by atoms with E-state index in [4.69, 9.17) is 5.11 Å². The Kier molecular flexibility index (Phi) is 3.47. The van der Waals surface area contributed by atoms with Gasteiger partial charge in [0.15, 0.2) is 0 Å². The number of anilines is 1. The molecule has 0 fully saturated rings. The molecule has 0 atom stereocenters. The van der Waals surface area contributed by atoms with Crippen molar-refractivity contribution in [3.63, 3.8) is 0 Å². The van der Waals surface area contributed by atoms with Crippen molar-refractivity contribution < 1.29 is 19.8 Å². The third-order valence-electron chi connectivity index (χ3n) is 2.50. The highest BCUT2D eigenvalue weighted by Crippen LogP contribution is 2.19. The molecule has 0 aliphatic heterocycles. The molecule has 0 aliphatic carbocycles. The Morgan fingerprint density at radius 1 is 1.05 bits per heavy atom. The summed E-state index contributed by atoms with van der Waals surface area (Å²) in [5, 5.41) is 22.6. The van der Waals surface area contributed by atoms with Crippen LogP contribution in [-0.4, -0.2) is 17.0 Å². The van der Waals surface area contributed by atoms with E-state index < -0.39 is 11.7 Å². The van der Waals surface area contributed by atoms with Crippen molar-refractivity contribution >= 4 is 17.6 Å². The lowest BCUT2D eigenvalue weighted by Crippen LogP contribution is -2.13. The van der Waals surface area contributed by atoms with Gasteiger partial charge in [0.2, 0.25) is 0 Å². The topological polar surface area (TPSA) is 89.5 Å². The van der Waals surface area contributed by atoms with Crippen LogP contribution >= 0.6 is 0 Å². The lowest BCUT2D eigenvalue weighted by molar-refractivity contribution is -0.268. The van der Waals surface area contributed by atoms with E-state index in [1.165, 1.54) is 6.07 Å². The number of aromatic carboxylic acids is 1.